The maximum absolute atomic E-state index is 12.7. The van der Waals surface area contributed by atoms with E-state index in [4.69, 9.17) is 4.74 Å². The number of nitrogens with one attached hydrogen (secondary N) is 2. The van der Waals surface area contributed by atoms with Gasteiger partial charge in [0.1, 0.15) is 0 Å². The lowest BCUT2D eigenvalue weighted by molar-refractivity contribution is -0.123. The normalized spacial score (nSPS) is 10.7. The zero-order chi connectivity index (χ0) is 20.3. The Balaban J connectivity index is 1.87. The maximum Gasteiger partial charge on any atom is 0.339 e. The van der Waals surface area contributed by atoms with Crippen LogP contribution in [0, 0.1) is 6.92 Å². The van der Waals surface area contributed by atoms with E-state index in [9.17, 15) is 14.4 Å². The highest BCUT2D eigenvalue weighted by atomic mass is 32.1. The van der Waals surface area contributed by atoms with Crippen molar-refractivity contribution in [3.63, 3.8) is 0 Å². The minimum Gasteiger partial charge on any atom is -0.452 e. The van der Waals surface area contributed by atoms with Gasteiger partial charge in [-0.1, -0.05) is 6.07 Å². The third kappa shape index (κ3) is 4.01. The number of pyridine rings is 1. The van der Waals surface area contributed by atoms with Crippen LogP contribution < -0.4 is 10.6 Å². The molecule has 0 aliphatic heterocycles. The lowest BCUT2D eigenvalue weighted by Gasteiger charge is -2.08. The molecule has 0 radical (unpaired) electrons. The summed E-state index contributed by atoms with van der Waals surface area (Å²) in [5.74, 6) is -1.40. The number of imide groups is 1. The minimum absolute atomic E-state index is 0.268. The van der Waals surface area contributed by atoms with Gasteiger partial charge in [-0.3, -0.25) is 14.8 Å². The molecule has 0 spiro atoms. The third-order valence-electron chi connectivity index (χ3n) is 3.89. The van der Waals surface area contributed by atoms with Gasteiger partial charge in [0, 0.05) is 13.6 Å². The highest BCUT2D eigenvalue weighted by molar-refractivity contribution is 7.13. The molecule has 2 N–H and O–H groups in total. The molecule has 3 rings (SSSR count). The average molecular weight is 401 g/mol. The fraction of sp³-hybridized carbons (Fsp3) is 0.278. The summed E-state index contributed by atoms with van der Waals surface area (Å²) < 4.78 is 6.72. The Morgan fingerprint density at radius 3 is 2.79 bits per heavy atom. The topological polar surface area (TPSA) is 115 Å². The lowest BCUT2D eigenvalue weighted by Crippen LogP contribution is -2.41. The van der Waals surface area contributed by atoms with Crippen molar-refractivity contribution >= 4 is 40.3 Å². The zero-order valence-electron chi connectivity index (χ0n) is 15.6. The summed E-state index contributed by atoms with van der Waals surface area (Å²) in [6.07, 6.45) is 0. The quantitative estimate of drug-likeness (QED) is 0.632. The molecule has 9 nitrogen and oxygen atoms in total. The molecule has 3 amide bonds. The van der Waals surface area contributed by atoms with E-state index in [1.54, 1.807) is 31.6 Å². The van der Waals surface area contributed by atoms with E-state index < -0.39 is 24.5 Å². The first-order valence-electron chi connectivity index (χ1n) is 8.53. The van der Waals surface area contributed by atoms with Crippen LogP contribution in [-0.4, -0.2) is 45.8 Å². The summed E-state index contributed by atoms with van der Waals surface area (Å²) in [5.41, 5.74) is 2.05. The fourth-order valence-corrected chi connectivity index (χ4v) is 3.42. The molecule has 28 heavy (non-hydrogen) atoms. The van der Waals surface area contributed by atoms with E-state index in [1.165, 1.54) is 11.3 Å². The number of nitrogens with zero attached hydrogens (tertiary/aromatic N) is 3. The largest absolute Gasteiger partial charge is 0.452 e. The van der Waals surface area contributed by atoms with E-state index in [1.807, 2.05) is 17.5 Å². The van der Waals surface area contributed by atoms with Crippen LogP contribution >= 0.6 is 11.3 Å². The number of fused-ring (bicyclic) bond motifs is 1. The van der Waals surface area contributed by atoms with Crippen LogP contribution in [0.25, 0.3) is 21.6 Å². The number of aryl methyl sites for hydroxylation is 2. The van der Waals surface area contributed by atoms with Gasteiger partial charge in [0.2, 0.25) is 0 Å². The molecule has 3 heterocycles. The van der Waals surface area contributed by atoms with Crippen LogP contribution in [0.2, 0.25) is 0 Å². The van der Waals surface area contributed by atoms with Crippen LogP contribution in [0.15, 0.2) is 23.6 Å². The van der Waals surface area contributed by atoms with Crippen LogP contribution in [-0.2, 0) is 16.6 Å². The van der Waals surface area contributed by atoms with Crippen molar-refractivity contribution in [3.8, 4) is 10.6 Å². The Morgan fingerprint density at radius 1 is 1.32 bits per heavy atom. The first kappa shape index (κ1) is 19.5. The van der Waals surface area contributed by atoms with Crippen LogP contribution in [0.3, 0.4) is 0 Å². The summed E-state index contributed by atoms with van der Waals surface area (Å²) >= 11 is 1.49. The molecule has 0 bridgehead atoms. The smallest absolute Gasteiger partial charge is 0.339 e. The first-order chi connectivity index (χ1) is 13.4. The molecule has 3 aromatic heterocycles. The number of carbonyl (C=O) groups excluding carboxylic acids is 3. The molecule has 0 saturated heterocycles. The number of amides is 3. The highest BCUT2D eigenvalue weighted by Gasteiger charge is 2.21. The number of hydrogen-bond acceptors (Lipinski definition) is 7. The summed E-state index contributed by atoms with van der Waals surface area (Å²) in [6, 6.07) is 4.78. The van der Waals surface area contributed by atoms with Gasteiger partial charge in [-0.05, 0) is 31.4 Å². The molecule has 0 atom stereocenters. The number of urea groups is 1. The molecule has 0 aliphatic carbocycles. The zero-order valence-corrected chi connectivity index (χ0v) is 16.4. The minimum atomic E-state index is -0.717. The number of hydrogen-bond donors (Lipinski definition) is 2. The number of thiophene rings is 1. The van der Waals surface area contributed by atoms with Gasteiger partial charge >= 0.3 is 12.0 Å². The molecule has 3 aromatic rings. The molecule has 10 heteroatoms. The van der Waals surface area contributed by atoms with Crippen molar-refractivity contribution in [2.24, 2.45) is 7.05 Å². The maximum atomic E-state index is 12.7. The summed E-state index contributed by atoms with van der Waals surface area (Å²) in [6.45, 7) is 3.29. The van der Waals surface area contributed by atoms with Gasteiger partial charge in [-0.25, -0.2) is 14.6 Å². The molecular weight excluding hydrogens is 382 g/mol. The van der Waals surface area contributed by atoms with Crippen molar-refractivity contribution in [1.29, 1.82) is 0 Å². The predicted octanol–water partition coefficient (Wildman–Crippen LogP) is 2.01. The number of ether oxygens (including phenoxy) is 1. The predicted molar refractivity (Wildman–Crippen MR) is 104 cm³/mol. The summed E-state index contributed by atoms with van der Waals surface area (Å²) in [4.78, 5) is 41.3. The molecular formula is C18H19N5O4S. The molecule has 0 unspecified atom stereocenters. The van der Waals surface area contributed by atoms with E-state index in [0.29, 0.717) is 29.0 Å². The van der Waals surface area contributed by atoms with E-state index in [-0.39, 0.29) is 5.56 Å². The van der Waals surface area contributed by atoms with Crippen molar-refractivity contribution in [2.75, 3.05) is 13.2 Å². The Hall–Kier alpha value is -3.27. The van der Waals surface area contributed by atoms with Gasteiger partial charge in [0.05, 0.1) is 27.2 Å². The van der Waals surface area contributed by atoms with Crippen LogP contribution in [0.5, 0.6) is 0 Å². The van der Waals surface area contributed by atoms with E-state index in [0.717, 1.165) is 4.88 Å². The van der Waals surface area contributed by atoms with Crippen LogP contribution in [0.1, 0.15) is 23.0 Å². The summed E-state index contributed by atoms with van der Waals surface area (Å²) in [5, 5.41) is 11.3. The van der Waals surface area contributed by atoms with Crippen molar-refractivity contribution in [2.45, 2.75) is 13.8 Å². The Bertz CT molecular complexity index is 1040. The van der Waals surface area contributed by atoms with Crippen LogP contribution in [0.4, 0.5) is 4.79 Å². The van der Waals surface area contributed by atoms with Gasteiger partial charge in [-0.15, -0.1) is 11.3 Å². The molecule has 146 valence electrons. The van der Waals surface area contributed by atoms with Gasteiger partial charge in [0.15, 0.2) is 12.3 Å². The SMILES string of the molecule is CCNC(=O)NC(=O)COC(=O)c1cc(-c2cccs2)nc2c1c(C)nn2C. The molecule has 0 aromatic carbocycles. The second kappa shape index (κ2) is 8.17. The monoisotopic (exact) mass is 401 g/mol. The molecule has 0 fully saturated rings. The number of rotatable bonds is 5. The second-order valence-corrected chi connectivity index (χ2v) is 6.87. The number of carbonyl (C=O) groups is 3. The standard InChI is InChI=1S/C18H19N5O4S/c1-4-19-18(26)21-14(24)9-27-17(25)11-8-12(13-6-5-7-28-13)20-16-15(11)10(2)22-23(16)3/h5-8H,4,9H2,1-3H3,(H2,19,21,24,26). The van der Waals surface area contributed by atoms with Gasteiger partial charge in [-0.2, -0.15) is 5.10 Å². The lowest BCUT2D eigenvalue weighted by atomic mass is 10.1. The van der Waals surface area contributed by atoms with Crippen molar-refractivity contribution < 1.29 is 19.1 Å². The Kier molecular flexibility index (Phi) is 5.69. The average Bonchev–Trinajstić information content (AvgIpc) is 3.28. The van der Waals surface area contributed by atoms with Gasteiger partial charge < -0.3 is 10.1 Å². The Morgan fingerprint density at radius 2 is 2.11 bits per heavy atom. The summed E-state index contributed by atoms with van der Waals surface area (Å²) in [7, 11) is 1.75. The van der Waals surface area contributed by atoms with E-state index >= 15 is 0 Å². The number of aromatic nitrogens is 3. The Labute approximate surface area is 164 Å². The van der Waals surface area contributed by atoms with Crippen molar-refractivity contribution in [1.82, 2.24) is 25.4 Å². The molecule has 0 aliphatic rings. The van der Waals surface area contributed by atoms with Gasteiger partial charge in [0.25, 0.3) is 5.91 Å². The molecule has 0 saturated carbocycles. The second-order valence-electron chi connectivity index (χ2n) is 5.92. The van der Waals surface area contributed by atoms with E-state index in [2.05, 4.69) is 20.7 Å². The highest BCUT2D eigenvalue weighted by Crippen LogP contribution is 2.29. The number of esters is 1. The fourth-order valence-electron chi connectivity index (χ4n) is 2.73. The third-order valence-corrected chi connectivity index (χ3v) is 4.78. The first-order valence-corrected chi connectivity index (χ1v) is 9.41. The van der Waals surface area contributed by atoms with Crippen molar-refractivity contribution in [3.05, 3.63) is 34.8 Å².